The molecule has 4 rings (SSSR count). The van der Waals surface area contributed by atoms with Crippen molar-refractivity contribution in [1.29, 1.82) is 0 Å². The summed E-state index contributed by atoms with van der Waals surface area (Å²) >= 11 is 0. The van der Waals surface area contributed by atoms with Gasteiger partial charge in [0.15, 0.2) is 0 Å². The van der Waals surface area contributed by atoms with Crippen LogP contribution in [-0.2, 0) is 4.79 Å². The van der Waals surface area contributed by atoms with E-state index in [4.69, 9.17) is 0 Å². The maximum Gasteiger partial charge on any atom is 0.244 e. The van der Waals surface area contributed by atoms with Crippen molar-refractivity contribution in [2.24, 2.45) is 0 Å². The van der Waals surface area contributed by atoms with Crippen molar-refractivity contribution >= 4 is 17.3 Å². The van der Waals surface area contributed by atoms with Crippen molar-refractivity contribution in [3.05, 3.63) is 59.9 Å². The minimum Gasteiger partial charge on any atom is -0.368 e. The first-order valence-electron chi connectivity index (χ1n) is 9.50. The molecule has 2 fully saturated rings. The molecule has 0 aliphatic carbocycles. The molecule has 8 heteroatoms. The summed E-state index contributed by atoms with van der Waals surface area (Å²) in [4.78, 5) is 17.2. The van der Waals surface area contributed by atoms with E-state index in [0.717, 1.165) is 13.1 Å². The summed E-state index contributed by atoms with van der Waals surface area (Å²) in [5.41, 5.74) is 11.5. The summed E-state index contributed by atoms with van der Waals surface area (Å²) in [5, 5.41) is 3.05. The van der Waals surface area contributed by atoms with Gasteiger partial charge in [-0.05, 0) is 30.7 Å². The van der Waals surface area contributed by atoms with Gasteiger partial charge in [-0.15, -0.1) is 0 Å². The minimum atomic E-state index is -0.537. The highest BCUT2D eigenvalue weighted by molar-refractivity contribution is 5.83. The van der Waals surface area contributed by atoms with Crippen LogP contribution in [0.3, 0.4) is 0 Å². The first kappa shape index (κ1) is 18.7. The Bertz CT molecular complexity index is 839. The number of aryl methyl sites for hydroxylation is 1. The maximum absolute atomic E-state index is 13.9. The number of hydrazine groups is 2. The number of carbonyl (C=O) groups excluding carboxylic acids is 1. The fourth-order valence-electron chi connectivity index (χ4n) is 3.72. The van der Waals surface area contributed by atoms with E-state index in [1.54, 1.807) is 18.2 Å². The van der Waals surface area contributed by atoms with Crippen molar-refractivity contribution in [3.63, 3.8) is 0 Å². The summed E-state index contributed by atoms with van der Waals surface area (Å²) in [6.45, 7) is 4.98. The molecule has 0 radical (unpaired) electrons. The number of hydrogen-bond donors (Lipinski definition) is 4. The molecule has 2 atom stereocenters. The molecular formula is C20H25FN6O. The van der Waals surface area contributed by atoms with Crippen LogP contribution >= 0.6 is 0 Å². The van der Waals surface area contributed by atoms with Gasteiger partial charge in [-0.2, -0.15) is 5.53 Å². The van der Waals surface area contributed by atoms with Gasteiger partial charge in [0.25, 0.3) is 0 Å². The topological polar surface area (TPSA) is 71.7 Å². The first-order chi connectivity index (χ1) is 13.6. The van der Waals surface area contributed by atoms with Crippen LogP contribution in [0.15, 0.2) is 48.5 Å². The maximum atomic E-state index is 13.9. The second-order valence-corrected chi connectivity index (χ2v) is 7.09. The Balaban J connectivity index is 1.38. The first-order valence-corrected chi connectivity index (χ1v) is 9.50. The highest BCUT2D eigenvalue weighted by atomic mass is 19.1. The number of nitrogens with zero attached hydrogens (tertiary/aromatic N) is 2. The summed E-state index contributed by atoms with van der Waals surface area (Å²) in [6, 6.07) is 14.2. The number of carbonyl (C=O) groups is 1. The number of piperazine rings is 1. The fourth-order valence-corrected chi connectivity index (χ4v) is 3.72. The van der Waals surface area contributed by atoms with Crippen LogP contribution < -0.4 is 26.6 Å². The Morgan fingerprint density at radius 1 is 1.04 bits per heavy atom. The van der Waals surface area contributed by atoms with Crippen molar-refractivity contribution in [3.8, 4) is 0 Å². The molecule has 4 N–H and O–H groups in total. The highest BCUT2D eigenvalue weighted by Crippen LogP contribution is 2.21. The van der Waals surface area contributed by atoms with Crippen molar-refractivity contribution in [1.82, 2.24) is 21.3 Å². The van der Waals surface area contributed by atoms with E-state index in [1.165, 1.54) is 17.3 Å². The van der Waals surface area contributed by atoms with E-state index in [9.17, 15) is 9.18 Å². The Hall–Kier alpha value is -2.68. The lowest BCUT2D eigenvalue weighted by atomic mass is 10.1. The van der Waals surface area contributed by atoms with E-state index in [-0.39, 0.29) is 11.7 Å². The normalized spacial score (nSPS) is 22.4. The van der Waals surface area contributed by atoms with Crippen LogP contribution in [-0.4, -0.2) is 49.2 Å². The number of halogens is 1. The predicted molar refractivity (Wildman–Crippen MR) is 107 cm³/mol. The van der Waals surface area contributed by atoms with Gasteiger partial charge in [0, 0.05) is 31.9 Å². The molecule has 0 aromatic heterocycles. The van der Waals surface area contributed by atoms with Crippen LogP contribution in [0, 0.1) is 12.7 Å². The summed E-state index contributed by atoms with van der Waals surface area (Å²) in [5.74, 6) is -0.370. The molecule has 0 spiro atoms. The Kier molecular flexibility index (Phi) is 5.43. The summed E-state index contributed by atoms with van der Waals surface area (Å²) in [6.07, 6.45) is -0.459. The van der Waals surface area contributed by atoms with Crippen molar-refractivity contribution in [2.45, 2.75) is 19.1 Å². The molecule has 148 valence electrons. The summed E-state index contributed by atoms with van der Waals surface area (Å²) in [7, 11) is 0. The monoisotopic (exact) mass is 384 g/mol. The zero-order chi connectivity index (χ0) is 19.5. The number of para-hydroxylation sites is 2. The second-order valence-electron chi connectivity index (χ2n) is 7.09. The minimum absolute atomic E-state index is 0.0178. The standard InChI is InChI=1S/C20H25FN6O/c1-14-6-2-5-9-17(14)26-10-12-27(13-11-26)20(28)18-19(24-25-23-18)22-16-8-4-3-7-15(16)21/h2-9,18-19,22-25H,10-13H2,1H3. The number of anilines is 2. The van der Waals surface area contributed by atoms with E-state index in [2.05, 4.69) is 45.7 Å². The molecule has 7 nitrogen and oxygen atoms in total. The molecule has 2 aromatic carbocycles. The third-order valence-corrected chi connectivity index (χ3v) is 5.29. The smallest absolute Gasteiger partial charge is 0.244 e. The van der Waals surface area contributed by atoms with Crippen LogP contribution in [0.2, 0.25) is 0 Å². The molecule has 2 heterocycles. The SMILES string of the molecule is Cc1ccccc1N1CCN(C(=O)C2NNNC2Nc2ccccc2F)CC1. The van der Waals surface area contributed by atoms with Gasteiger partial charge in [-0.1, -0.05) is 30.3 Å². The third-order valence-electron chi connectivity index (χ3n) is 5.29. The molecule has 2 saturated heterocycles. The molecule has 2 aliphatic heterocycles. The van der Waals surface area contributed by atoms with E-state index < -0.39 is 12.2 Å². The van der Waals surface area contributed by atoms with Crippen LogP contribution in [0.1, 0.15) is 5.56 Å². The van der Waals surface area contributed by atoms with Gasteiger partial charge >= 0.3 is 0 Å². The highest BCUT2D eigenvalue weighted by Gasteiger charge is 2.37. The van der Waals surface area contributed by atoms with Gasteiger partial charge < -0.3 is 15.1 Å². The molecule has 2 aromatic rings. The molecular weight excluding hydrogens is 359 g/mol. The Morgan fingerprint density at radius 3 is 2.50 bits per heavy atom. The number of amides is 1. The zero-order valence-corrected chi connectivity index (χ0v) is 15.8. The van der Waals surface area contributed by atoms with Crippen LogP contribution in [0.5, 0.6) is 0 Å². The van der Waals surface area contributed by atoms with Gasteiger partial charge in [-0.25, -0.2) is 15.2 Å². The van der Waals surface area contributed by atoms with Crippen molar-refractivity contribution in [2.75, 3.05) is 36.4 Å². The van der Waals surface area contributed by atoms with E-state index in [0.29, 0.717) is 18.8 Å². The molecule has 2 unspecified atom stereocenters. The lowest BCUT2D eigenvalue weighted by Gasteiger charge is -2.38. The molecule has 0 saturated carbocycles. The lowest BCUT2D eigenvalue weighted by Crippen LogP contribution is -2.57. The molecule has 28 heavy (non-hydrogen) atoms. The van der Waals surface area contributed by atoms with Gasteiger partial charge in [0.05, 0.1) is 5.69 Å². The van der Waals surface area contributed by atoms with Crippen LogP contribution in [0.25, 0.3) is 0 Å². The lowest BCUT2D eigenvalue weighted by molar-refractivity contribution is -0.133. The fraction of sp³-hybridized carbons (Fsp3) is 0.350. The largest absolute Gasteiger partial charge is 0.368 e. The molecule has 1 amide bonds. The third kappa shape index (κ3) is 3.80. The number of benzene rings is 2. The summed E-state index contributed by atoms with van der Waals surface area (Å²) < 4.78 is 13.9. The molecule has 0 bridgehead atoms. The quantitative estimate of drug-likeness (QED) is 0.635. The van der Waals surface area contributed by atoms with Crippen LogP contribution in [0.4, 0.5) is 15.8 Å². The predicted octanol–water partition coefficient (Wildman–Crippen LogP) is 1.20. The number of hydrogen-bond acceptors (Lipinski definition) is 6. The zero-order valence-electron chi connectivity index (χ0n) is 15.8. The average molecular weight is 384 g/mol. The van der Waals surface area contributed by atoms with Gasteiger partial charge in [-0.3, -0.25) is 4.79 Å². The second kappa shape index (κ2) is 8.14. The van der Waals surface area contributed by atoms with E-state index in [1.807, 2.05) is 17.0 Å². The molecule has 2 aliphatic rings. The van der Waals surface area contributed by atoms with Gasteiger partial charge in [0.2, 0.25) is 5.91 Å². The average Bonchev–Trinajstić information content (AvgIpc) is 3.18. The number of nitrogens with one attached hydrogen (secondary N) is 4. The Morgan fingerprint density at radius 2 is 1.75 bits per heavy atom. The van der Waals surface area contributed by atoms with Gasteiger partial charge in [0.1, 0.15) is 18.0 Å². The number of rotatable bonds is 4. The van der Waals surface area contributed by atoms with E-state index >= 15 is 0 Å². The van der Waals surface area contributed by atoms with Crippen molar-refractivity contribution < 1.29 is 9.18 Å². The Labute approximate surface area is 163 Å².